The second-order valence-electron chi connectivity index (χ2n) is 2.57. The van der Waals surface area contributed by atoms with Crippen LogP contribution < -0.4 is 10.6 Å². The number of hydrogen-bond acceptors (Lipinski definition) is 4. The summed E-state index contributed by atoms with van der Waals surface area (Å²) in [5.74, 6) is -0.00958. The number of nitrogens with one attached hydrogen (secondary N) is 2. The first kappa shape index (κ1) is 12.3. The molecule has 13 heavy (non-hydrogen) atoms. The van der Waals surface area contributed by atoms with E-state index in [4.69, 9.17) is 9.84 Å². The number of hydrogen-bond donors (Lipinski definition) is 3. The summed E-state index contributed by atoms with van der Waals surface area (Å²) in [6.07, 6.45) is 0.773. The number of aliphatic hydroxyl groups is 1. The monoisotopic (exact) mass is 190 g/mol. The Labute approximate surface area is 78.5 Å². The van der Waals surface area contributed by atoms with Crippen LogP contribution in [0.1, 0.15) is 6.42 Å². The van der Waals surface area contributed by atoms with Gasteiger partial charge in [0.05, 0.1) is 19.8 Å². The van der Waals surface area contributed by atoms with E-state index in [0.29, 0.717) is 26.3 Å². The number of rotatable bonds is 8. The third-order valence-electron chi connectivity index (χ3n) is 1.36. The molecule has 0 atom stereocenters. The van der Waals surface area contributed by atoms with Gasteiger partial charge in [0.2, 0.25) is 5.91 Å². The molecule has 0 aromatic heterocycles. The Morgan fingerprint density at radius 2 is 2.23 bits per heavy atom. The fraction of sp³-hybridized carbons (Fsp3) is 0.875. The maximum atomic E-state index is 10.9. The van der Waals surface area contributed by atoms with Crippen LogP contribution in [-0.2, 0) is 9.53 Å². The van der Waals surface area contributed by atoms with Crippen molar-refractivity contribution in [1.29, 1.82) is 0 Å². The summed E-state index contributed by atoms with van der Waals surface area (Å²) in [6.45, 7) is 1.94. The van der Waals surface area contributed by atoms with Crippen molar-refractivity contribution >= 4 is 5.91 Å². The van der Waals surface area contributed by atoms with Gasteiger partial charge in [-0.25, -0.2) is 0 Å². The number of likely N-dealkylation sites (N-methyl/N-ethyl adjacent to an activating group) is 1. The van der Waals surface area contributed by atoms with E-state index in [9.17, 15) is 4.79 Å². The van der Waals surface area contributed by atoms with Crippen molar-refractivity contribution in [2.45, 2.75) is 6.42 Å². The van der Waals surface area contributed by atoms with Crippen LogP contribution in [0.15, 0.2) is 0 Å². The molecule has 0 fully saturated rings. The molecule has 5 nitrogen and oxygen atoms in total. The van der Waals surface area contributed by atoms with Gasteiger partial charge >= 0.3 is 0 Å². The van der Waals surface area contributed by atoms with Crippen molar-refractivity contribution in [3.8, 4) is 0 Å². The maximum absolute atomic E-state index is 10.9. The third-order valence-corrected chi connectivity index (χ3v) is 1.36. The molecule has 0 aliphatic rings. The molecule has 0 unspecified atom stereocenters. The highest BCUT2D eigenvalue weighted by Crippen LogP contribution is 1.80. The zero-order valence-electron chi connectivity index (χ0n) is 8.01. The van der Waals surface area contributed by atoms with Gasteiger partial charge in [-0.1, -0.05) is 0 Å². The Bertz CT molecular complexity index is 131. The molecule has 0 radical (unpaired) electrons. The lowest BCUT2D eigenvalue weighted by atomic mass is 10.4. The van der Waals surface area contributed by atoms with Crippen LogP contribution in [0.4, 0.5) is 0 Å². The molecule has 0 rings (SSSR count). The molecule has 0 aliphatic carbocycles. The first-order valence-corrected chi connectivity index (χ1v) is 4.41. The molecule has 0 aliphatic heterocycles. The fourth-order valence-corrected chi connectivity index (χ4v) is 0.792. The standard InChI is InChI=1S/C8H18N2O3/c1-9-7-8(12)10-3-2-5-13-6-4-11/h9,11H,2-7H2,1H3,(H,10,12). The minimum absolute atomic E-state index is 0.00958. The molecule has 5 heteroatoms. The molecular formula is C8H18N2O3. The van der Waals surface area contributed by atoms with Crippen molar-refractivity contribution in [1.82, 2.24) is 10.6 Å². The van der Waals surface area contributed by atoms with E-state index in [1.54, 1.807) is 7.05 Å². The third kappa shape index (κ3) is 9.26. The molecule has 78 valence electrons. The van der Waals surface area contributed by atoms with E-state index in [2.05, 4.69) is 10.6 Å². The second kappa shape index (κ2) is 9.44. The van der Waals surface area contributed by atoms with Crippen molar-refractivity contribution in [2.75, 3.05) is 40.0 Å². The number of carbonyl (C=O) groups excluding carboxylic acids is 1. The van der Waals surface area contributed by atoms with Crippen LogP contribution in [0.2, 0.25) is 0 Å². The van der Waals surface area contributed by atoms with Crippen LogP contribution in [0.5, 0.6) is 0 Å². The lowest BCUT2D eigenvalue weighted by Gasteiger charge is -2.04. The number of carbonyl (C=O) groups is 1. The Morgan fingerprint density at radius 3 is 2.85 bits per heavy atom. The highest BCUT2D eigenvalue weighted by atomic mass is 16.5. The maximum Gasteiger partial charge on any atom is 0.233 e. The van der Waals surface area contributed by atoms with Gasteiger partial charge in [-0.15, -0.1) is 0 Å². The van der Waals surface area contributed by atoms with Gasteiger partial charge in [0, 0.05) is 13.2 Å². The summed E-state index contributed by atoms with van der Waals surface area (Å²) >= 11 is 0. The highest BCUT2D eigenvalue weighted by molar-refractivity contribution is 5.77. The smallest absolute Gasteiger partial charge is 0.233 e. The Kier molecular flexibility index (Phi) is 8.97. The summed E-state index contributed by atoms with van der Waals surface area (Å²) in [4.78, 5) is 10.9. The normalized spacial score (nSPS) is 10.0. The molecule has 0 bridgehead atoms. The van der Waals surface area contributed by atoms with Crippen molar-refractivity contribution in [2.24, 2.45) is 0 Å². The summed E-state index contributed by atoms with van der Waals surface area (Å²) in [6, 6.07) is 0. The van der Waals surface area contributed by atoms with Gasteiger partial charge in [0.25, 0.3) is 0 Å². The first-order valence-electron chi connectivity index (χ1n) is 4.41. The Balaban J connectivity index is 3.02. The van der Waals surface area contributed by atoms with Crippen LogP contribution in [0.3, 0.4) is 0 Å². The zero-order valence-corrected chi connectivity index (χ0v) is 8.01. The van der Waals surface area contributed by atoms with Crippen LogP contribution in [0.25, 0.3) is 0 Å². The topological polar surface area (TPSA) is 70.6 Å². The molecule has 0 spiro atoms. The largest absolute Gasteiger partial charge is 0.394 e. The number of aliphatic hydroxyl groups excluding tert-OH is 1. The molecule has 3 N–H and O–H groups in total. The highest BCUT2D eigenvalue weighted by Gasteiger charge is 1.96. The van der Waals surface area contributed by atoms with Gasteiger partial charge in [-0.3, -0.25) is 4.79 Å². The van der Waals surface area contributed by atoms with Crippen molar-refractivity contribution < 1.29 is 14.6 Å². The number of ether oxygens (including phenoxy) is 1. The SMILES string of the molecule is CNCC(=O)NCCCOCCO. The van der Waals surface area contributed by atoms with Gasteiger partial charge in [-0.05, 0) is 13.5 Å². The predicted molar refractivity (Wildman–Crippen MR) is 49.5 cm³/mol. The van der Waals surface area contributed by atoms with Crippen LogP contribution in [-0.4, -0.2) is 51.0 Å². The molecular weight excluding hydrogens is 172 g/mol. The lowest BCUT2D eigenvalue weighted by Crippen LogP contribution is -2.33. The summed E-state index contributed by atoms with van der Waals surface area (Å²) < 4.78 is 5.01. The minimum atomic E-state index is -0.00958. The van der Waals surface area contributed by atoms with E-state index in [1.807, 2.05) is 0 Å². The van der Waals surface area contributed by atoms with E-state index < -0.39 is 0 Å². The number of amides is 1. The minimum Gasteiger partial charge on any atom is -0.394 e. The average molecular weight is 190 g/mol. The average Bonchev–Trinajstić information content (AvgIpc) is 2.11. The van der Waals surface area contributed by atoms with Crippen molar-refractivity contribution in [3.63, 3.8) is 0 Å². The molecule has 0 aromatic carbocycles. The van der Waals surface area contributed by atoms with E-state index in [-0.39, 0.29) is 12.5 Å². The van der Waals surface area contributed by atoms with Gasteiger partial charge in [-0.2, -0.15) is 0 Å². The van der Waals surface area contributed by atoms with Gasteiger partial charge in [0.1, 0.15) is 0 Å². The Hall–Kier alpha value is -0.650. The second-order valence-corrected chi connectivity index (χ2v) is 2.57. The summed E-state index contributed by atoms with van der Waals surface area (Å²) in [5, 5.41) is 13.8. The van der Waals surface area contributed by atoms with Gasteiger partial charge in [0.15, 0.2) is 0 Å². The fourth-order valence-electron chi connectivity index (χ4n) is 0.792. The van der Waals surface area contributed by atoms with E-state index in [0.717, 1.165) is 6.42 Å². The molecule has 0 saturated heterocycles. The molecule has 0 aromatic rings. The van der Waals surface area contributed by atoms with Crippen LogP contribution in [0, 0.1) is 0 Å². The van der Waals surface area contributed by atoms with E-state index in [1.165, 1.54) is 0 Å². The lowest BCUT2D eigenvalue weighted by molar-refractivity contribution is -0.120. The molecule has 0 heterocycles. The zero-order chi connectivity index (χ0) is 9.94. The predicted octanol–water partition coefficient (Wildman–Crippen LogP) is -1.28. The molecule has 1 amide bonds. The first-order chi connectivity index (χ1) is 6.31. The quantitative estimate of drug-likeness (QED) is 0.417. The summed E-state index contributed by atoms with van der Waals surface area (Å²) in [7, 11) is 1.73. The van der Waals surface area contributed by atoms with Crippen molar-refractivity contribution in [3.05, 3.63) is 0 Å². The molecule has 0 saturated carbocycles. The van der Waals surface area contributed by atoms with Crippen LogP contribution >= 0.6 is 0 Å². The van der Waals surface area contributed by atoms with E-state index >= 15 is 0 Å². The van der Waals surface area contributed by atoms with Gasteiger partial charge < -0.3 is 20.5 Å². The Morgan fingerprint density at radius 1 is 1.46 bits per heavy atom. The summed E-state index contributed by atoms with van der Waals surface area (Å²) in [5.41, 5.74) is 0.